The molecule has 1 fully saturated rings. The standard InChI is InChI=1S/C21H24ClN3/c1-14-10-15(2)19(22)13-18(14)21-11-16-4-3-5-17(12-20(16)24-21)25-8-6-23-7-9-25/h3,5,10-13,16,23H,4,6-9H2,1-2H3. The van der Waals surface area contributed by atoms with Crippen LogP contribution >= 0.6 is 11.6 Å². The van der Waals surface area contributed by atoms with Crippen LogP contribution in [0.4, 0.5) is 0 Å². The lowest BCUT2D eigenvalue weighted by Gasteiger charge is -2.30. The number of rotatable bonds is 2. The van der Waals surface area contributed by atoms with Gasteiger partial charge in [0.2, 0.25) is 0 Å². The molecule has 0 radical (unpaired) electrons. The van der Waals surface area contributed by atoms with E-state index in [9.17, 15) is 0 Å². The first kappa shape index (κ1) is 16.6. The van der Waals surface area contributed by atoms with Gasteiger partial charge in [0.05, 0.1) is 11.4 Å². The molecule has 1 atom stereocenters. The Kier molecular flexibility index (Phi) is 4.53. The van der Waals surface area contributed by atoms with Crippen molar-refractivity contribution in [2.75, 3.05) is 26.2 Å². The highest BCUT2D eigenvalue weighted by Crippen LogP contribution is 2.34. The molecular formula is C21H24ClN3. The van der Waals surface area contributed by atoms with Crippen LogP contribution in [0, 0.1) is 19.8 Å². The number of nitrogens with one attached hydrogen (secondary N) is 1. The summed E-state index contributed by atoms with van der Waals surface area (Å²) >= 11 is 6.36. The fourth-order valence-corrected chi connectivity index (χ4v) is 3.93. The summed E-state index contributed by atoms with van der Waals surface area (Å²) in [6, 6.07) is 4.21. The van der Waals surface area contributed by atoms with E-state index in [1.165, 1.54) is 17.0 Å². The average molecular weight is 354 g/mol. The van der Waals surface area contributed by atoms with E-state index in [2.05, 4.69) is 53.6 Å². The Morgan fingerprint density at radius 2 is 1.96 bits per heavy atom. The number of nitrogens with zero attached hydrogens (tertiary/aromatic N) is 2. The summed E-state index contributed by atoms with van der Waals surface area (Å²) in [5, 5.41) is 4.23. The summed E-state index contributed by atoms with van der Waals surface area (Å²) in [6.45, 7) is 8.39. The lowest BCUT2D eigenvalue weighted by molar-refractivity contribution is 0.308. The van der Waals surface area contributed by atoms with Gasteiger partial charge in [-0.1, -0.05) is 23.7 Å². The van der Waals surface area contributed by atoms with Gasteiger partial charge in [-0.05, 0) is 55.7 Å². The largest absolute Gasteiger partial charge is 0.369 e. The Morgan fingerprint density at radius 3 is 2.76 bits per heavy atom. The molecule has 130 valence electrons. The van der Waals surface area contributed by atoms with Crippen molar-refractivity contribution in [2.24, 2.45) is 10.9 Å². The van der Waals surface area contributed by atoms with E-state index >= 15 is 0 Å². The molecule has 1 N–H and O–H groups in total. The van der Waals surface area contributed by atoms with E-state index in [0.29, 0.717) is 5.92 Å². The lowest BCUT2D eigenvalue weighted by atomic mass is 9.98. The number of allylic oxidation sites excluding steroid dienone is 4. The van der Waals surface area contributed by atoms with Crippen molar-refractivity contribution < 1.29 is 0 Å². The minimum atomic E-state index is 0.367. The van der Waals surface area contributed by atoms with Crippen molar-refractivity contribution in [3.8, 4) is 0 Å². The number of aliphatic imine (C=N–C) groups is 1. The van der Waals surface area contributed by atoms with Crippen LogP contribution in [0.2, 0.25) is 5.02 Å². The molecular weight excluding hydrogens is 330 g/mol. The Bertz CT molecular complexity index is 811. The third-order valence-electron chi connectivity index (χ3n) is 5.23. The summed E-state index contributed by atoms with van der Waals surface area (Å²) in [5.74, 6) is 0.367. The predicted molar refractivity (Wildman–Crippen MR) is 106 cm³/mol. The van der Waals surface area contributed by atoms with Crippen molar-refractivity contribution in [3.63, 3.8) is 0 Å². The van der Waals surface area contributed by atoms with E-state index in [1.807, 2.05) is 6.92 Å². The molecule has 1 aliphatic carbocycles. The second-order valence-corrected chi connectivity index (χ2v) is 7.46. The smallest absolute Gasteiger partial charge is 0.0675 e. The van der Waals surface area contributed by atoms with Gasteiger partial charge in [-0.25, -0.2) is 0 Å². The van der Waals surface area contributed by atoms with E-state index in [-0.39, 0.29) is 0 Å². The fourth-order valence-electron chi connectivity index (χ4n) is 3.77. The SMILES string of the molecule is Cc1cc(C)c(C2=CC3CC=CC(N4CCNCC4)=CC3=N2)cc1Cl. The maximum Gasteiger partial charge on any atom is 0.0675 e. The highest BCUT2D eigenvalue weighted by atomic mass is 35.5. The van der Waals surface area contributed by atoms with Gasteiger partial charge in [0.25, 0.3) is 0 Å². The maximum atomic E-state index is 6.36. The molecule has 4 rings (SSSR count). The first-order valence-corrected chi connectivity index (χ1v) is 9.41. The number of hydrogen-bond acceptors (Lipinski definition) is 3. The maximum absolute atomic E-state index is 6.36. The van der Waals surface area contributed by atoms with Crippen LogP contribution in [0.5, 0.6) is 0 Å². The minimum absolute atomic E-state index is 0.367. The van der Waals surface area contributed by atoms with Crippen LogP contribution in [-0.4, -0.2) is 36.8 Å². The average Bonchev–Trinajstić information content (AvgIpc) is 2.90. The van der Waals surface area contributed by atoms with Crippen molar-refractivity contribution in [3.05, 3.63) is 63.8 Å². The molecule has 0 spiro atoms. The number of benzene rings is 1. The van der Waals surface area contributed by atoms with Crippen LogP contribution in [0.3, 0.4) is 0 Å². The fraction of sp³-hybridized carbons (Fsp3) is 0.381. The molecule has 0 aromatic heterocycles. The molecule has 0 bridgehead atoms. The van der Waals surface area contributed by atoms with Gasteiger partial charge in [-0.2, -0.15) is 0 Å². The van der Waals surface area contributed by atoms with Gasteiger partial charge in [-0.3, -0.25) is 4.99 Å². The van der Waals surface area contributed by atoms with Crippen LogP contribution < -0.4 is 5.32 Å². The molecule has 0 saturated carbocycles. The van der Waals surface area contributed by atoms with Crippen LogP contribution in [0.1, 0.15) is 23.1 Å². The highest BCUT2D eigenvalue weighted by molar-refractivity contribution is 6.31. The lowest BCUT2D eigenvalue weighted by Crippen LogP contribution is -2.42. The van der Waals surface area contributed by atoms with E-state index in [0.717, 1.165) is 54.4 Å². The number of halogens is 1. The van der Waals surface area contributed by atoms with Gasteiger partial charge >= 0.3 is 0 Å². The first-order chi connectivity index (χ1) is 12.1. The summed E-state index contributed by atoms with van der Waals surface area (Å²) in [7, 11) is 0. The van der Waals surface area contributed by atoms with Crippen molar-refractivity contribution in [1.29, 1.82) is 0 Å². The molecule has 0 amide bonds. The second-order valence-electron chi connectivity index (χ2n) is 7.06. The molecule has 25 heavy (non-hydrogen) atoms. The Labute approximate surface area is 154 Å². The number of fused-ring (bicyclic) bond motifs is 1. The number of hydrogen-bond donors (Lipinski definition) is 1. The van der Waals surface area contributed by atoms with Crippen molar-refractivity contribution in [2.45, 2.75) is 20.3 Å². The molecule has 2 aliphatic heterocycles. The van der Waals surface area contributed by atoms with E-state index < -0.39 is 0 Å². The third-order valence-corrected chi connectivity index (χ3v) is 5.63. The summed E-state index contributed by atoms with van der Waals surface area (Å²) < 4.78 is 0. The van der Waals surface area contributed by atoms with Gasteiger partial charge in [0.1, 0.15) is 0 Å². The minimum Gasteiger partial charge on any atom is -0.369 e. The predicted octanol–water partition coefficient (Wildman–Crippen LogP) is 4.12. The van der Waals surface area contributed by atoms with Gasteiger partial charge in [0.15, 0.2) is 0 Å². The van der Waals surface area contributed by atoms with Crippen LogP contribution in [-0.2, 0) is 0 Å². The Hall–Kier alpha value is -1.84. The van der Waals surface area contributed by atoms with Crippen molar-refractivity contribution in [1.82, 2.24) is 10.2 Å². The molecule has 4 heteroatoms. The quantitative estimate of drug-likeness (QED) is 0.866. The van der Waals surface area contributed by atoms with Crippen LogP contribution in [0.25, 0.3) is 5.70 Å². The molecule has 1 aromatic carbocycles. The number of piperazine rings is 1. The summed E-state index contributed by atoms with van der Waals surface area (Å²) in [5.41, 5.74) is 7.02. The van der Waals surface area contributed by atoms with E-state index in [1.54, 1.807) is 0 Å². The van der Waals surface area contributed by atoms with Crippen molar-refractivity contribution >= 4 is 23.0 Å². The highest BCUT2D eigenvalue weighted by Gasteiger charge is 2.24. The number of aryl methyl sites for hydroxylation is 2. The molecule has 1 aromatic rings. The monoisotopic (exact) mass is 353 g/mol. The molecule has 1 unspecified atom stereocenters. The first-order valence-electron chi connectivity index (χ1n) is 9.03. The second kappa shape index (κ2) is 6.81. The Morgan fingerprint density at radius 1 is 1.16 bits per heavy atom. The zero-order valence-electron chi connectivity index (χ0n) is 14.8. The Balaban J connectivity index is 1.66. The zero-order valence-corrected chi connectivity index (χ0v) is 15.6. The summed E-state index contributed by atoms with van der Waals surface area (Å²) in [6.07, 6.45) is 10.1. The topological polar surface area (TPSA) is 27.6 Å². The van der Waals surface area contributed by atoms with Gasteiger partial charge < -0.3 is 10.2 Å². The molecule has 3 nitrogen and oxygen atoms in total. The molecule has 2 heterocycles. The normalized spacial score (nSPS) is 22.9. The molecule has 3 aliphatic rings. The summed E-state index contributed by atoms with van der Waals surface area (Å²) in [4.78, 5) is 7.43. The van der Waals surface area contributed by atoms with Gasteiger partial charge in [0, 0.05) is 48.4 Å². The van der Waals surface area contributed by atoms with E-state index in [4.69, 9.17) is 16.6 Å². The molecule has 1 saturated heterocycles. The van der Waals surface area contributed by atoms with Gasteiger partial charge in [-0.15, -0.1) is 0 Å². The third kappa shape index (κ3) is 3.31. The van der Waals surface area contributed by atoms with Crippen LogP contribution in [0.15, 0.2) is 47.1 Å². The zero-order chi connectivity index (χ0) is 17.4.